The van der Waals surface area contributed by atoms with Gasteiger partial charge >= 0.3 is 0 Å². The molecular formula is C30H34N2O2. The Morgan fingerprint density at radius 2 is 1.38 bits per heavy atom. The van der Waals surface area contributed by atoms with Crippen LogP contribution < -0.4 is 4.74 Å². The number of hydrogen-bond acceptors (Lipinski definition) is 3. The number of benzene rings is 3. The van der Waals surface area contributed by atoms with Gasteiger partial charge in [-0.05, 0) is 60.9 Å². The van der Waals surface area contributed by atoms with Crippen LogP contribution >= 0.6 is 0 Å². The molecule has 0 spiro atoms. The average molecular weight is 455 g/mol. The maximum absolute atomic E-state index is 13.3. The van der Waals surface area contributed by atoms with E-state index < -0.39 is 6.10 Å². The molecule has 0 bridgehead atoms. The highest BCUT2D eigenvalue weighted by molar-refractivity contribution is 5.81. The molecule has 1 saturated heterocycles. The van der Waals surface area contributed by atoms with Crippen molar-refractivity contribution < 1.29 is 9.53 Å². The lowest BCUT2D eigenvalue weighted by Crippen LogP contribution is -2.52. The Balaban J connectivity index is 1.25. The fourth-order valence-corrected chi connectivity index (χ4v) is 5.44. The van der Waals surface area contributed by atoms with Gasteiger partial charge in [-0.2, -0.15) is 0 Å². The van der Waals surface area contributed by atoms with Crippen molar-refractivity contribution in [1.29, 1.82) is 0 Å². The van der Waals surface area contributed by atoms with E-state index >= 15 is 0 Å². The van der Waals surface area contributed by atoms with Crippen molar-refractivity contribution in [2.75, 3.05) is 26.2 Å². The van der Waals surface area contributed by atoms with Gasteiger partial charge in [0.25, 0.3) is 5.91 Å². The van der Waals surface area contributed by atoms with E-state index in [1.54, 1.807) is 0 Å². The second-order valence-electron chi connectivity index (χ2n) is 9.45. The first-order valence-electron chi connectivity index (χ1n) is 12.6. The Hall–Kier alpha value is -3.11. The Bertz CT molecular complexity index is 1050. The normalized spacial score (nSPS) is 17.3. The van der Waals surface area contributed by atoms with E-state index in [1.165, 1.54) is 35.1 Å². The largest absolute Gasteiger partial charge is 0.481 e. The zero-order valence-electron chi connectivity index (χ0n) is 20.0. The van der Waals surface area contributed by atoms with Gasteiger partial charge in [0, 0.05) is 26.2 Å². The lowest BCUT2D eigenvalue weighted by Gasteiger charge is -2.40. The number of piperazine rings is 1. The summed E-state index contributed by atoms with van der Waals surface area (Å²) in [6, 6.07) is 27.8. The number of fused-ring (bicyclic) bond motifs is 1. The Morgan fingerprint density at radius 1 is 0.765 bits per heavy atom. The van der Waals surface area contributed by atoms with Crippen LogP contribution in [0.4, 0.5) is 0 Å². The molecule has 2 aliphatic rings. The molecule has 1 heterocycles. The molecule has 5 rings (SSSR count). The maximum atomic E-state index is 13.3. The predicted octanol–water partition coefficient (Wildman–Crippen LogP) is 5.27. The Labute approximate surface area is 203 Å². The van der Waals surface area contributed by atoms with Crippen LogP contribution in [0.25, 0.3) is 0 Å². The summed E-state index contributed by atoms with van der Waals surface area (Å²) >= 11 is 0. The summed E-state index contributed by atoms with van der Waals surface area (Å²) in [5.41, 5.74) is 5.26. The standard InChI is InChI=1S/C30H34N2O2/c1-23(34-28-18-10-16-24-11-8-9-17-27(24)28)30(33)32-21-19-31(20-22-32)29(25-12-4-2-5-13-25)26-14-6-3-7-15-26/h2-7,10,12-16,18,23,29H,8-9,11,17,19-22H2,1H3. The van der Waals surface area contributed by atoms with Crippen molar-refractivity contribution in [3.05, 3.63) is 101 Å². The van der Waals surface area contributed by atoms with Crippen molar-refractivity contribution in [1.82, 2.24) is 9.80 Å². The van der Waals surface area contributed by atoms with Gasteiger partial charge < -0.3 is 9.64 Å². The van der Waals surface area contributed by atoms with Gasteiger partial charge in [0.1, 0.15) is 5.75 Å². The van der Waals surface area contributed by atoms with Crippen LogP contribution in [0.1, 0.15) is 48.1 Å². The summed E-state index contributed by atoms with van der Waals surface area (Å²) in [7, 11) is 0. The summed E-state index contributed by atoms with van der Waals surface area (Å²) < 4.78 is 6.24. The molecule has 1 atom stereocenters. The minimum Gasteiger partial charge on any atom is -0.481 e. The van der Waals surface area contributed by atoms with Crippen LogP contribution in [-0.2, 0) is 17.6 Å². The molecule has 0 radical (unpaired) electrons. The molecule has 4 heteroatoms. The lowest BCUT2D eigenvalue weighted by molar-refractivity contribution is -0.140. The van der Waals surface area contributed by atoms with Crippen LogP contribution in [0.2, 0.25) is 0 Å². The summed E-state index contributed by atoms with van der Waals surface area (Å²) in [6.45, 7) is 5.01. The molecule has 3 aromatic rings. The summed E-state index contributed by atoms with van der Waals surface area (Å²) in [4.78, 5) is 17.7. The SMILES string of the molecule is CC(Oc1cccc2c1CCCC2)C(=O)N1CCN(C(c2ccccc2)c2ccccc2)CC1. The monoisotopic (exact) mass is 454 g/mol. The van der Waals surface area contributed by atoms with E-state index in [2.05, 4.69) is 77.7 Å². The summed E-state index contributed by atoms with van der Waals surface area (Å²) in [5, 5.41) is 0. The van der Waals surface area contributed by atoms with E-state index in [9.17, 15) is 4.79 Å². The van der Waals surface area contributed by atoms with Crippen molar-refractivity contribution in [2.45, 2.75) is 44.8 Å². The van der Waals surface area contributed by atoms with Crippen LogP contribution in [0.15, 0.2) is 78.9 Å². The molecule has 4 nitrogen and oxygen atoms in total. The van der Waals surface area contributed by atoms with E-state index in [1.807, 2.05) is 17.9 Å². The topological polar surface area (TPSA) is 32.8 Å². The van der Waals surface area contributed by atoms with Crippen molar-refractivity contribution >= 4 is 5.91 Å². The van der Waals surface area contributed by atoms with Gasteiger partial charge in [0.15, 0.2) is 6.10 Å². The second-order valence-corrected chi connectivity index (χ2v) is 9.45. The third-order valence-corrected chi connectivity index (χ3v) is 7.23. The Morgan fingerprint density at radius 3 is 2.03 bits per heavy atom. The second kappa shape index (κ2) is 10.4. The fourth-order valence-electron chi connectivity index (χ4n) is 5.44. The number of carbonyl (C=O) groups excluding carboxylic acids is 1. The number of hydrogen-bond donors (Lipinski definition) is 0. The van der Waals surface area contributed by atoms with Gasteiger partial charge in [-0.15, -0.1) is 0 Å². The van der Waals surface area contributed by atoms with Gasteiger partial charge in [0.2, 0.25) is 0 Å². The number of carbonyl (C=O) groups is 1. The van der Waals surface area contributed by atoms with Crippen molar-refractivity contribution in [3.63, 3.8) is 0 Å². The van der Waals surface area contributed by atoms with E-state index in [4.69, 9.17) is 4.74 Å². The number of nitrogens with zero attached hydrogens (tertiary/aromatic N) is 2. The quantitative estimate of drug-likeness (QED) is 0.509. The van der Waals surface area contributed by atoms with Crippen LogP contribution in [0.5, 0.6) is 5.75 Å². The van der Waals surface area contributed by atoms with Gasteiger partial charge in [0.05, 0.1) is 6.04 Å². The molecule has 1 aliphatic heterocycles. The number of rotatable bonds is 6. The van der Waals surface area contributed by atoms with E-state index in [0.29, 0.717) is 0 Å². The van der Waals surface area contributed by atoms with Crippen LogP contribution in [0.3, 0.4) is 0 Å². The summed E-state index contributed by atoms with van der Waals surface area (Å²) in [5.74, 6) is 0.980. The molecule has 0 N–H and O–H groups in total. The fraction of sp³-hybridized carbons (Fsp3) is 0.367. The zero-order valence-corrected chi connectivity index (χ0v) is 20.0. The number of aryl methyl sites for hydroxylation is 1. The minimum absolute atomic E-state index is 0.0871. The smallest absolute Gasteiger partial charge is 0.263 e. The van der Waals surface area contributed by atoms with E-state index in [0.717, 1.165) is 44.8 Å². The van der Waals surface area contributed by atoms with E-state index in [-0.39, 0.29) is 11.9 Å². The lowest BCUT2D eigenvalue weighted by atomic mass is 9.91. The highest BCUT2D eigenvalue weighted by Gasteiger charge is 2.30. The first-order chi connectivity index (χ1) is 16.7. The molecule has 0 aromatic heterocycles. The zero-order chi connectivity index (χ0) is 23.3. The Kier molecular flexibility index (Phi) is 6.96. The highest BCUT2D eigenvalue weighted by Crippen LogP contribution is 2.31. The van der Waals surface area contributed by atoms with Gasteiger partial charge in [-0.3, -0.25) is 9.69 Å². The van der Waals surface area contributed by atoms with Crippen LogP contribution in [0, 0.1) is 0 Å². The van der Waals surface area contributed by atoms with Gasteiger partial charge in [-0.1, -0.05) is 72.8 Å². The van der Waals surface area contributed by atoms with Gasteiger partial charge in [-0.25, -0.2) is 0 Å². The van der Waals surface area contributed by atoms with Crippen LogP contribution in [-0.4, -0.2) is 48.0 Å². The highest BCUT2D eigenvalue weighted by atomic mass is 16.5. The first-order valence-corrected chi connectivity index (χ1v) is 12.6. The molecule has 3 aromatic carbocycles. The molecule has 176 valence electrons. The third kappa shape index (κ3) is 4.88. The molecular weight excluding hydrogens is 420 g/mol. The molecule has 1 fully saturated rings. The number of amides is 1. The maximum Gasteiger partial charge on any atom is 0.263 e. The third-order valence-electron chi connectivity index (χ3n) is 7.23. The van der Waals surface area contributed by atoms with Crippen molar-refractivity contribution in [2.24, 2.45) is 0 Å². The first kappa shape index (κ1) is 22.7. The summed E-state index contributed by atoms with van der Waals surface area (Å²) in [6.07, 6.45) is 4.12. The van der Waals surface area contributed by atoms with Crippen molar-refractivity contribution in [3.8, 4) is 5.75 Å². The molecule has 0 saturated carbocycles. The number of ether oxygens (including phenoxy) is 1. The predicted molar refractivity (Wildman–Crippen MR) is 136 cm³/mol. The molecule has 1 amide bonds. The average Bonchev–Trinajstić information content (AvgIpc) is 2.90. The molecule has 1 aliphatic carbocycles. The molecule has 1 unspecified atom stereocenters. The molecule has 34 heavy (non-hydrogen) atoms. The minimum atomic E-state index is -0.473.